The zero-order chi connectivity index (χ0) is 39.6. The summed E-state index contributed by atoms with van der Waals surface area (Å²) in [5.41, 5.74) is 0.660. The van der Waals surface area contributed by atoms with Crippen LogP contribution in [0, 0.1) is 0 Å². The van der Waals surface area contributed by atoms with Gasteiger partial charge in [-0.25, -0.2) is 9.78 Å². The second-order valence-corrected chi connectivity index (χ2v) is 13.8. The molecule has 1 heterocycles. The van der Waals surface area contributed by atoms with Gasteiger partial charge in [0.25, 0.3) is 0 Å². The predicted molar refractivity (Wildman–Crippen MR) is 209 cm³/mol. The molecule has 54 heavy (non-hydrogen) atoms. The smallest absolute Gasteiger partial charge is 0.408 e. The van der Waals surface area contributed by atoms with E-state index in [1.807, 2.05) is 97.2 Å². The van der Waals surface area contributed by atoms with Crippen LogP contribution in [0.25, 0.3) is 6.08 Å². The molecule has 0 spiro atoms. The minimum atomic E-state index is -1.26. The lowest BCUT2D eigenvalue weighted by Gasteiger charge is -2.29. The quantitative estimate of drug-likeness (QED) is 0.107. The van der Waals surface area contributed by atoms with E-state index in [1.54, 1.807) is 58.5 Å². The number of Topliss-reactive ketones (excluding diaryl/α,β-unsaturated/α-hetero) is 1. The molecule has 2 atom stereocenters. The summed E-state index contributed by atoms with van der Waals surface area (Å²) in [6, 6.07) is 27.4. The monoisotopic (exact) mass is 739 g/mol. The maximum atomic E-state index is 12.8. The molecule has 0 aliphatic heterocycles. The maximum Gasteiger partial charge on any atom is 0.408 e. The number of amides is 3. The van der Waals surface area contributed by atoms with Gasteiger partial charge in [-0.05, 0) is 64.0 Å². The first-order valence-electron chi connectivity index (χ1n) is 17.8. The number of para-hydroxylation sites is 1. The summed E-state index contributed by atoms with van der Waals surface area (Å²) in [6.07, 6.45) is 4.68. The molecule has 0 saturated carbocycles. The van der Waals surface area contributed by atoms with Crippen LogP contribution < -0.4 is 20.7 Å². The van der Waals surface area contributed by atoms with Crippen molar-refractivity contribution >= 4 is 29.8 Å². The molecule has 0 aliphatic carbocycles. The molecule has 1 unspecified atom stereocenters. The number of ketones is 1. The second-order valence-electron chi connectivity index (χ2n) is 13.8. The van der Waals surface area contributed by atoms with E-state index in [2.05, 4.69) is 27.5 Å². The van der Waals surface area contributed by atoms with Crippen LogP contribution in [0.2, 0.25) is 0 Å². The lowest BCUT2D eigenvalue weighted by molar-refractivity contribution is -0.132. The highest BCUT2D eigenvalue weighted by Gasteiger charge is 2.34. The molecule has 12 heteroatoms. The Morgan fingerprint density at radius 3 is 2.07 bits per heavy atom. The standard InChI is InChI=1S/C21H21N3O2.C21H32N2O5/c1-2-18-15-24(16-23-18)20(17-9-5-3-6-10-17)21(25)22-13-14-26-19-11-7-4-8-12-19;1-7-17(24)16(14-27-13-15-11-9-8-10-12-15)22-18(25)21(5,6)23-19(26)28-20(2,3)4/h2-12,15-16,20H,1,13-14H2,(H,22,25);8-12,16H,7,13-14H2,1-6H3,(H,22,25)(H,23,26)/t;16-/m.1/s1. The van der Waals surface area contributed by atoms with E-state index in [1.165, 1.54) is 0 Å². The molecule has 288 valence electrons. The first kappa shape index (κ1) is 42.7. The Hall–Kier alpha value is -5.75. The third-order valence-corrected chi connectivity index (χ3v) is 7.73. The first-order valence-corrected chi connectivity index (χ1v) is 17.8. The van der Waals surface area contributed by atoms with E-state index >= 15 is 0 Å². The van der Waals surface area contributed by atoms with E-state index in [4.69, 9.17) is 14.2 Å². The van der Waals surface area contributed by atoms with Gasteiger partial charge in [-0.15, -0.1) is 0 Å². The molecule has 4 rings (SSSR count). The number of hydrogen-bond donors (Lipinski definition) is 3. The molecule has 0 fully saturated rings. The Labute approximate surface area is 318 Å². The highest BCUT2D eigenvalue weighted by molar-refractivity contribution is 5.94. The molecule has 0 bridgehead atoms. The Kier molecular flexibility index (Phi) is 16.7. The van der Waals surface area contributed by atoms with Crippen LogP contribution >= 0.6 is 0 Å². The number of ether oxygens (including phenoxy) is 3. The van der Waals surface area contributed by atoms with Gasteiger partial charge in [0.15, 0.2) is 5.78 Å². The summed E-state index contributed by atoms with van der Waals surface area (Å²) >= 11 is 0. The molecular formula is C42H53N5O7. The maximum absolute atomic E-state index is 12.8. The number of carbonyl (C=O) groups excluding carboxylic acids is 4. The van der Waals surface area contributed by atoms with Gasteiger partial charge in [0.05, 0.1) is 31.8 Å². The molecule has 4 aromatic rings. The number of benzene rings is 3. The van der Waals surface area contributed by atoms with Crippen molar-refractivity contribution in [3.8, 4) is 5.75 Å². The number of aromatic nitrogens is 2. The molecule has 3 amide bonds. The van der Waals surface area contributed by atoms with Crippen molar-refractivity contribution in [1.29, 1.82) is 0 Å². The Balaban J connectivity index is 0.000000291. The minimum Gasteiger partial charge on any atom is -0.492 e. The summed E-state index contributed by atoms with van der Waals surface area (Å²) in [5, 5.41) is 8.15. The zero-order valence-electron chi connectivity index (χ0n) is 32.0. The minimum absolute atomic E-state index is 0.0514. The van der Waals surface area contributed by atoms with Gasteiger partial charge in [-0.2, -0.15) is 0 Å². The van der Waals surface area contributed by atoms with Crippen LogP contribution in [0.3, 0.4) is 0 Å². The number of hydrogen-bond acceptors (Lipinski definition) is 8. The molecule has 0 aliphatic rings. The number of imidazole rings is 1. The summed E-state index contributed by atoms with van der Waals surface area (Å²) < 4.78 is 18.2. The molecule has 0 radical (unpaired) electrons. The Morgan fingerprint density at radius 1 is 0.889 bits per heavy atom. The van der Waals surface area contributed by atoms with E-state index in [-0.39, 0.29) is 24.7 Å². The van der Waals surface area contributed by atoms with Crippen molar-refractivity contribution in [2.45, 2.75) is 77.8 Å². The number of alkyl carbamates (subject to hydrolysis) is 1. The topological polar surface area (TPSA) is 150 Å². The van der Waals surface area contributed by atoms with Crippen LogP contribution in [0.15, 0.2) is 110 Å². The number of carbonyl (C=O) groups is 4. The summed E-state index contributed by atoms with van der Waals surface area (Å²) in [5.74, 6) is 0.0374. The third-order valence-electron chi connectivity index (χ3n) is 7.73. The van der Waals surface area contributed by atoms with Crippen molar-refractivity contribution < 1.29 is 33.4 Å². The molecule has 3 N–H and O–H groups in total. The van der Waals surface area contributed by atoms with E-state index in [0.717, 1.165) is 22.6 Å². The van der Waals surface area contributed by atoms with Crippen LogP contribution in [-0.2, 0) is 30.5 Å². The van der Waals surface area contributed by atoms with Crippen LogP contribution in [-0.4, -0.2) is 70.2 Å². The van der Waals surface area contributed by atoms with Crippen LogP contribution in [0.5, 0.6) is 5.75 Å². The molecule has 1 aromatic heterocycles. The van der Waals surface area contributed by atoms with Crippen LogP contribution in [0.4, 0.5) is 4.79 Å². The fourth-order valence-corrected chi connectivity index (χ4v) is 4.93. The van der Waals surface area contributed by atoms with Crippen molar-refractivity contribution in [2.75, 3.05) is 19.8 Å². The average Bonchev–Trinajstić information content (AvgIpc) is 3.62. The van der Waals surface area contributed by atoms with Gasteiger partial charge in [0.2, 0.25) is 11.8 Å². The molecule has 0 saturated heterocycles. The zero-order valence-corrected chi connectivity index (χ0v) is 32.0. The third kappa shape index (κ3) is 14.7. The fraction of sp³-hybridized carbons (Fsp3) is 0.357. The van der Waals surface area contributed by atoms with E-state index in [9.17, 15) is 19.2 Å². The number of rotatable bonds is 17. The summed E-state index contributed by atoms with van der Waals surface area (Å²) in [7, 11) is 0. The molecule has 3 aromatic carbocycles. The lowest BCUT2D eigenvalue weighted by Crippen LogP contribution is -2.59. The van der Waals surface area contributed by atoms with Gasteiger partial charge < -0.3 is 34.7 Å². The first-order chi connectivity index (χ1) is 25.7. The highest BCUT2D eigenvalue weighted by atomic mass is 16.6. The Bertz CT molecular complexity index is 1770. The molecular weight excluding hydrogens is 686 g/mol. The number of nitrogens with zero attached hydrogens (tertiary/aromatic N) is 2. The van der Waals surface area contributed by atoms with E-state index in [0.29, 0.717) is 19.8 Å². The van der Waals surface area contributed by atoms with Crippen molar-refractivity contribution in [2.24, 2.45) is 0 Å². The normalized spacial score (nSPS) is 12.2. The second kappa shape index (κ2) is 21.1. The predicted octanol–water partition coefficient (Wildman–Crippen LogP) is 6.28. The van der Waals surface area contributed by atoms with Gasteiger partial charge in [-0.1, -0.05) is 92.4 Å². The Morgan fingerprint density at radius 2 is 1.50 bits per heavy atom. The van der Waals surface area contributed by atoms with Crippen LogP contribution in [0.1, 0.15) is 70.8 Å². The van der Waals surface area contributed by atoms with Gasteiger partial charge >= 0.3 is 6.09 Å². The fourth-order valence-electron chi connectivity index (χ4n) is 4.93. The van der Waals surface area contributed by atoms with Crippen molar-refractivity contribution in [1.82, 2.24) is 25.5 Å². The SMILES string of the molecule is C=Cc1cn(C(C(=O)NCCOc2ccccc2)c2ccccc2)cn1.CCC(=O)[C@@H](COCc1ccccc1)NC(=O)C(C)(C)NC(=O)OC(C)(C)C. The summed E-state index contributed by atoms with van der Waals surface area (Å²) in [6.45, 7) is 14.9. The average molecular weight is 740 g/mol. The van der Waals surface area contributed by atoms with Gasteiger partial charge in [0.1, 0.15) is 35.6 Å². The lowest BCUT2D eigenvalue weighted by atomic mass is 10.0. The number of nitrogens with one attached hydrogen (secondary N) is 3. The molecule has 12 nitrogen and oxygen atoms in total. The van der Waals surface area contributed by atoms with Crippen molar-refractivity contribution in [3.63, 3.8) is 0 Å². The largest absolute Gasteiger partial charge is 0.492 e. The van der Waals surface area contributed by atoms with Gasteiger partial charge in [0, 0.05) is 12.6 Å². The summed E-state index contributed by atoms with van der Waals surface area (Å²) in [4.78, 5) is 53.9. The van der Waals surface area contributed by atoms with E-state index < -0.39 is 35.2 Å². The van der Waals surface area contributed by atoms with Gasteiger partial charge in [-0.3, -0.25) is 14.4 Å². The highest BCUT2D eigenvalue weighted by Crippen LogP contribution is 2.19. The van der Waals surface area contributed by atoms with Crippen molar-refractivity contribution in [3.05, 3.63) is 127 Å².